The van der Waals surface area contributed by atoms with Crippen LogP contribution in [0.15, 0.2) is 48.5 Å². The molecule has 0 bridgehead atoms. The molecule has 0 aromatic heterocycles. The van der Waals surface area contributed by atoms with Crippen molar-refractivity contribution in [1.29, 1.82) is 0 Å². The third kappa shape index (κ3) is 2.92. The zero-order chi connectivity index (χ0) is 21.7. The minimum Gasteiger partial charge on any atom is -0.507 e. The molecule has 1 saturated heterocycles. The number of piperidine rings is 1. The van der Waals surface area contributed by atoms with E-state index in [-0.39, 0.29) is 11.3 Å². The minimum atomic E-state index is -1.34. The number of carboxylic acid groups (broad SMARTS) is 1. The first-order valence-electron chi connectivity index (χ1n) is 10.2. The van der Waals surface area contributed by atoms with Gasteiger partial charge in [0.2, 0.25) is 0 Å². The number of hydrogen-bond donors (Lipinski definition) is 2. The Morgan fingerprint density at radius 2 is 1.58 bits per heavy atom. The van der Waals surface area contributed by atoms with Gasteiger partial charge in [-0.2, -0.15) is 0 Å². The smallest absolute Gasteiger partial charge is 0.339 e. The van der Waals surface area contributed by atoms with Crippen LogP contribution in [0.1, 0.15) is 50.3 Å². The van der Waals surface area contributed by atoms with Gasteiger partial charge in [-0.1, -0.05) is 12.1 Å². The highest BCUT2D eigenvalue weighted by Crippen LogP contribution is 2.38. The van der Waals surface area contributed by atoms with E-state index in [1.165, 1.54) is 18.6 Å². The maximum absolute atomic E-state index is 13.3. The van der Waals surface area contributed by atoms with Gasteiger partial charge >= 0.3 is 5.97 Å². The van der Waals surface area contributed by atoms with Gasteiger partial charge in [0.15, 0.2) is 0 Å². The van der Waals surface area contributed by atoms with E-state index in [2.05, 4.69) is 4.90 Å². The second-order valence-electron chi connectivity index (χ2n) is 7.86. The molecule has 7 heteroatoms. The average Bonchev–Trinajstić information content (AvgIpc) is 2.78. The Balaban J connectivity index is 1.66. The Hall–Kier alpha value is -3.87. The zero-order valence-corrected chi connectivity index (χ0v) is 16.7. The number of rotatable bonds is 3. The molecule has 0 radical (unpaired) electrons. The van der Waals surface area contributed by atoms with Crippen molar-refractivity contribution in [3.63, 3.8) is 0 Å². The second-order valence-corrected chi connectivity index (χ2v) is 7.86. The molecule has 7 nitrogen and oxygen atoms in total. The molecule has 5 rings (SSSR count). The van der Waals surface area contributed by atoms with Crippen molar-refractivity contribution >= 4 is 39.9 Å². The largest absolute Gasteiger partial charge is 0.507 e. The van der Waals surface area contributed by atoms with Crippen molar-refractivity contribution < 1.29 is 24.6 Å². The van der Waals surface area contributed by atoms with E-state index in [9.17, 15) is 24.6 Å². The fourth-order valence-corrected chi connectivity index (χ4v) is 4.56. The standard InChI is InChI=1S/C24H20N2O5/c27-20-10-7-14(13-18(20)24(30)31)26-22(28)16-6-4-5-15-19(25-11-2-1-3-12-25)9-8-17(21(15)16)23(26)29/h4-10,13,27H,1-3,11-12H2,(H,30,31). The monoisotopic (exact) mass is 416 g/mol. The summed E-state index contributed by atoms with van der Waals surface area (Å²) in [7, 11) is 0. The first kappa shape index (κ1) is 19.1. The molecule has 0 aliphatic carbocycles. The summed E-state index contributed by atoms with van der Waals surface area (Å²) in [5.74, 6) is -2.80. The highest BCUT2D eigenvalue weighted by atomic mass is 16.4. The number of imide groups is 1. The molecule has 2 aliphatic rings. The van der Waals surface area contributed by atoms with E-state index in [1.807, 2.05) is 12.1 Å². The summed E-state index contributed by atoms with van der Waals surface area (Å²) in [6.07, 6.45) is 3.43. The summed E-state index contributed by atoms with van der Waals surface area (Å²) in [6.45, 7) is 1.89. The number of amides is 2. The van der Waals surface area contributed by atoms with Gasteiger partial charge < -0.3 is 15.1 Å². The van der Waals surface area contributed by atoms with E-state index in [0.717, 1.165) is 48.0 Å². The van der Waals surface area contributed by atoms with Gasteiger partial charge in [-0.05, 0) is 55.7 Å². The Labute approximate surface area is 178 Å². The molecule has 0 unspecified atom stereocenters. The number of phenols is 1. The van der Waals surface area contributed by atoms with Gasteiger partial charge in [0.1, 0.15) is 11.3 Å². The van der Waals surface area contributed by atoms with Crippen LogP contribution in [0.25, 0.3) is 10.8 Å². The Morgan fingerprint density at radius 3 is 2.29 bits per heavy atom. The van der Waals surface area contributed by atoms with Crippen molar-refractivity contribution in [2.75, 3.05) is 22.9 Å². The number of anilines is 2. The van der Waals surface area contributed by atoms with E-state index >= 15 is 0 Å². The first-order chi connectivity index (χ1) is 15.0. The third-order valence-corrected chi connectivity index (χ3v) is 6.05. The molecule has 0 spiro atoms. The lowest BCUT2D eigenvalue weighted by molar-refractivity contribution is 0.0692. The Kier molecular flexibility index (Phi) is 4.39. The number of carbonyl (C=O) groups excluding carboxylic acids is 2. The van der Waals surface area contributed by atoms with Crippen LogP contribution < -0.4 is 9.80 Å². The quantitative estimate of drug-likeness (QED) is 0.626. The molecule has 3 aromatic rings. The zero-order valence-electron chi connectivity index (χ0n) is 16.7. The lowest BCUT2D eigenvalue weighted by atomic mass is 9.92. The summed E-state index contributed by atoms with van der Waals surface area (Å²) in [5.41, 5.74) is 1.55. The molecule has 0 saturated carbocycles. The molecule has 3 aromatic carbocycles. The molecule has 31 heavy (non-hydrogen) atoms. The lowest BCUT2D eigenvalue weighted by Gasteiger charge is -2.32. The molecule has 2 heterocycles. The van der Waals surface area contributed by atoms with Crippen LogP contribution in [0.3, 0.4) is 0 Å². The molecular formula is C24H20N2O5. The minimum absolute atomic E-state index is 0.105. The molecular weight excluding hydrogens is 396 g/mol. The van der Waals surface area contributed by atoms with Crippen molar-refractivity contribution in [1.82, 2.24) is 0 Å². The summed E-state index contributed by atoms with van der Waals surface area (Å²) < 4.78 is 0. The summed E-state index contributed by atoms with van der Waals surface area (Å²) in [6, 6.07) is 12.8. The number of aromatic hydroxyl groups is 1. The molecule has 2 aliphatic heterocycles. The van der Waals surface area contributed by atoms with Crippen LogP contribution in [-0.4, -0.2) is 41.1 Å². The van der Waals surface area contributed by atoms with Gasteiger partial charge in [0, 0.05) is 40.7 Å². The normalized spacial score (nSPS) is 16.1. The fraction of sp³-hybridized carbons (Fsp3) is 0.208. The Bertz CT molecular complexity index is 1240. The average molecular weight is 416 g/mol. The van der Waals surface area contributed by atoms with Crippen LogP contribution in [0.5, 0.6) is 5.75 Å². The summed E-state index contributed by atoms with van der Waals surface area (Å²) in [4.78, 5) is 41.4. The van der Waals surface area contributed by atoms with Crippen molar-refractivity contribution in [2.45, 2.75) is 19.3 Å². The maximum Gasteiger partial charge on any atom is 0.339 e. The molecule has 2 amide bonds. The highest BCUT2D eigenvalue weighted by Gasteiger charge is 2.35. The maximum atomic E-state index is 13.3. The van der Waals surface area contributed by atoms with Gasteiger partial charge in [0.25, 0.3) is 11.8 Å². The van der Waals surface area contributed by atoms with E-state index < -0.39 is 23.5 Å². The number of benzene rings is 3. The SMILES string of the molecule is O=C(O)c1cc(N2C(=O)c3cccc4c(N5CCCCC5)ccc(c34)C2=O)ccc1O. The van der Waals surface area contributed by atoms with Crippen LogP contribution in [0.4, 0.5) is 11.4 Å². The highest BCUT2D eigenvalue weighted by molar-refractivity contribution is 6.36. The predicted molar refractivity (Wildman–Crippen MR) is 116 cm³/mol. The second kappa shape index (κ2) is 7.12. The van der Waals surface area contributed by atoms with Crippen molar-refractivity contribution in [3.05, 3.63) is 65.2 Å². The topological polar surface area (TPSA) is 98.2 Å². The van der Waals surface area contributed by atoms with Crippen LogP contribution >= 0.6 is 0 Å². The number of carboxylic acids is 1. The number of nitrogens with zero attached hydrogens (tertiary/aromatic N) is 2. The molecule has 156 valence electrons. The van der Waals surface area contributed by atoms with Gasteiger partial charge in [-0.25, -0.2) is 9.69 Å². The van der Waals surface area contributed by atoms with Gasteiger partial charge in [-0.15, -0.1) is 0 Å². The molecule has 2 N–H and O–H groups in total. The number of aromatic carboxylic acids is 1. The van der Waals surface area contributed by atoms with E-state index in [4.69, 9.17) is 0 Å². The fourth-order valence-electron chi connectivity index (χ4n) is 4.56. The third-order valence-electron chi connectivity index (χ3n) is 6.05. The van der Waals surface area contributed by atoms with E-state index in [0.29, 0.717) is 16.5 Å². The summed E-state index contributed by atoms with van der Waals surface area (Å²) in [5, 5.41) is 20.6. The van der Waals surface area contributed by atoms with Crippen LogP contribution in [0.2, 0.25) is 0 Å². The molecule has 0 atom stereocenters. The van der Waals surface area contributed by atoms with Crippen molar-refractivity contribution in [2.24, 2.45) is 0 Å². The van der Waals surface area contributed by atoms with Crippen LogP contribution in [-0.2, 0) is 0 Å². The lowest BCUT2D eigenvalue weighted by Crippen LogP contribution is -2.40. The van der Waals surface area contributed by atoms with Crippen molar-refractivity contribution in [3.8, 4) is 5.75 Å². The molecule has 1 fully saturated rings. The number of carbonyl (C=O) groups is 3. The van der Waals surface area contributed by atoms with E-state index in [1.54, 1.807) is 18.2 Å². The van der Waals surface area contributed by atoms with Gasteiger partial charge in [0.05, 0.1) is 5.69 Å². The Morgan fingerprint density at radius 1 is 0.871 bits per heavy atom. The first-order valence-corrected chi connectivity index (χ1v) is 10.2. The predicted octanol–water partition coefficient (Wildman–Crippen LogP) is 4.03. The summed E-state index contributed by atoms with van der Waals surface area (Å²) >= 11 is 0. The number of hydrogen-bond acceptors (Lipinski definition) is 5. The van der Waals surface area contributed by atoms with Gasteiger partial charge in [-0.3, -0.25) is 9.59 Å². The van der Waals surface area contributed by atoms with Crippen LogP contribution in [0, 0.1) is 0 Å².